The van der Waals surface area contributed by atoms with Crippen molar-refractivity contribution >= 4 is 33.2 Å². The van der Waals surface area contributed by atoms with Gasteiger partial charge in [-0.2, -0.15) is 4.31 Å². The van der Waals surface area contributed by atoms with Crippen LogP contribution in [0.3, 0.4) is 0 Å². The number of rotatable bonds is 6. The van der Waals surface area contributed by atoms with E-state index in [4.69, 9.17) is 4.74 Å². The van der Waals surface area contributed by atoms with Gasteiger partial charge < -0.3 is 15.0 Å². The summed E-state index contributed by atoms with van der Waals surface area (Å²) >= 11 is 0. The molecule has 0 radical (unpaired) electrons. The van der Waals surface area contributed by atoms with Gasteiger partial charge in [-0.05, 0) is 86.6 Å². The molecule has 0 spiro atoms. The smallest absolute Gasteiger partial charge is 0.243 e. The van der Waals surface area contributed by atoms with E-state index in [2.05, 4.69) is 5.32 Å². The Morgan fingerprint density at radius 1 is 0.917 bits per heavy atom. The second-order valence-electron chi connectivity index (χ2n) is 9.91. The minimum Gasteiger partial charge on any atom is -0.497 e. The van der Waals surface area contributed by atoms with Gasteiger partial charge in [-0.15, -0.1) is 0 Å². The summed E-state index contributed by atoms with van der Waals surface area (Å²) in [5.41, 5.74) is 2.46. The summed E-state index contributed by atoms with van der Waals surface area (Å²) in [6.07, 6.45) is 5.54. The predicted octanol–water partition coefficient (Wildman–Crippen LogP) is 3.81. The van der Waals surface area contributed by atoms with Crippen molar-refractivity contribution in [2.45, 2.75) is 49.8 Å². The Labute approximate surface area is 212 Å². The topological polar surface area (TPSA) is 96.0 Å². The van der Waals surface area contributed by atoms with Gasteiger partial charge in [0.1, 0.15) is 5.75 Å². The van der Waals surface area contributed by atoms with E-state index >= 15 is 0 Å². The number of piperidine rings is 1. The van der Waals surface area contributed by atoms with Crippen molar-refractivity contribution in [3.63, 3.8) is 0 Å². The molecule has 9 heteroatoms. The first-order chi connectivity index (χ1) is 17.4. The van der Waals surface area contributed by atoms with Gasteiger partial charge >= 0.3 is 0 Å². The van der Waals surface area contributed by atoms with Gasteiger partial charge in [0.15, 0.2) is 0 Å². The maximum atomic E-state index is 13.4. The number of carbonyl (C=O) groups is 2. The lowest BCUT2D eigenvalue weighted by molar-refractivity contribution is -0.124. The fraction of sp³-hybridized carbons (Fsp3) is 0.481. The Morgan fingerprint density at radius 2 is 1.64 bits per heavy atom. The number of nitrogens with one attached hydrogen (secondary N) is 1. The van der Waals surface area contributed by atoms with Crippen LogP contribution in [0.1, 0.15) is 44.1 Å². The maximum absolute atomic E-state index is 13.4. The van der Waals surface area contributed by atoms with Crippen LogP contribution in [0.25, 0.3) is 0 Å². The molecule has 2 aromatic carbocycles. The van der Waals surface area contributed by atoms with Crippen LogP contribution < -0.4 is 15.0 Å². The summed E-state index contributed by atoms with van der Waals surface area (Å²) in [4.78, 5) is 27.7. The minimum absolute atomic E-state index is 0.0952. The highest BCUT2D eigenvalue weighted by atomic mass is 32.2. The lowest BCUT2D eigenvalue weighted by Crippen LogP contribution is -2.42. The van der Waals surface area contributed by atoms with E-state index in [1.165, 1.54) is 4.31 Å². The van der Waals surface area contributed by atoms with E-state index in [9.17, 15) is 18.0 Å². The Kier molecular flexibility index (Phi) is 7.03. The Bertz CT molecular complexity index is 1230. The van der Waals surface area contributed by atoms with Gasteiger partial charge in [-0.1, -0.05) is 6.42 Å². The van der Waals surface area contributed by atoms with Crippen molar-refractivity contribution in [1.82, 2.24) is 4.31 Å². The van der Waals surface area contributed by atoms with Crippen LogP contribution in [0, 0.1) is 11.8 Å². The second-order valence-corrected chi connectivity index (χ2v) is 11.8. The first kappa shape index (κ1) is 24.8. The lowest BCUT2D eigenvalue weighted by atomic mass is 9.83. The zero-order valence-electron chi connectivity index (χ0n) is 20.6. The van der Waals surface area contributed by atoms with Crippen LogP contribution in [0.2, 0.25) is 0 Å². The molecule has 2 amide bonds. The molecule has 1 aliphatic carbocycles. The van der Waals surface area contributed by atoms with E-state index in [0.29, 0.717) is 43.9 Å². The minimum atomic E-state index is -3.67. The molecule has 1 saturated heterocycles. The van der Waals surface area contributed by atoms with Crippen molar-refractivity contribution < 1.29 is 22.7 Å². The number of nitrogens with zero attached hydrogens (tertiary/aromatic N) is 2. The molecule has 2 heterocycles. The van der Waals surface area contributed by atoms with E-state index in [1.54, 1.807) is 49.6 Å². The molecular weight excluding hydrogens is 478 g/mol. The van der Waals surface area contributed by atoms with Gasteiger partial charge in [-0.3, -0.25) is 9.59 Å². The quantitative estimate of drug-likeness (QED) is 0.636. The molecule has 0 bridgehead atoms. The average Bonchev–Trinajstić information content (AvgIpc) is 2.87. The number of hydrogen-bond donors (Lipinski definition) is 1. The molecule has 1 N–H and O–H groups in total. The largest absolute Gasteiger partial charge is 0.497 e. The third-order valence-electron chi connectivity index (χ3n) is 7.71. The van der Waals surface area contributed by atoms with E-state index < -0.39 is 10.0 Å². The van der Waals surface area contributed by atoms with Gasteiger partial charge in [-0.25, -0.2) is 8.42 Å². The number of sulfonamides is 1. The van der Waals surface area contributed by atoms with Gasteiger partial charge in [0, 0.05) is 42.8 Å². The summed E-state index contributed by atoms with van der Waals surface area (Å²) in [6.45, 7) is 1.29. The van der Waals surface area contributed by atoms with Crippen molar-refractivity contribution in [1.29, 1.82) is 0 Å². The molecule has 0 unspecified atom stereocenters. The number of fused-ring (bicyclic) bond motifs is 1. The zero-order valence-corrected chi connectivity index (χ0v) is 21.4. The highest BCUT2D eigenvalue weighted by Crippen LogP contribution is 2.35. The zero-order chi connectivity index (χ0) is 25.3. The van der Waals surface area contributed by atoms with Gasteiger partial charge in [0.2, 0.25) is 21.8 Å². The molecule has 0 atom stereocenters. The molecule has 2 fully saturated rings. The molecular formula is C27H33N3O5S. The number of benzene rings is 2. The van der Waals surface area contributed by atoms with Crippen LogP contribution in [0.15, 0.2) is 47.4 Å². The van der Waals surface area contributed by atoms with Crippen LogP contribution in [-0.4, -0.2) is 51.3 Å². The number of anilines is 2. The Morgan fingerprint density at radius 3 is 2.28 bits per heavy atom. The first-order valence-electron chi connectivity index (χ1n) is 12.8. The maximum Gasteiger partial charge on any atom is 0.243 e. The average molecular weight is 512 g/mol. The first-order valence-corrected chi connectivity index (χ1v) is 14.2. The Hall–Kier alpha value is -2.91. The number of aryl methyl sites for hydroxylation is 1. The van der Waals surface area contributed by atoms with Crippen molar-refractivity contribution in [3.05, 3.63) is 48.0 Å². The molecule has 192 valence electrons. The summed E-state index contributed by atoms with van der Waals surface area (Å²) in [7, 11) is -2.09. The number of hydrogen-bond acceptors (Lipinski definition) is 5. The van der Waals surface area contributed by atoms with Crippen LogP contribution in [0.5, 0.6) is 5.75 Å². The molecule has 36 heavy (non-hydrogen) atoms. The predicted molar refractivity (Wildman–Crippen MR) is 138 cm³/mol. The number of amides is 2. The highest BCUT2D eigenvalue weighted by Gasteiger charge is 2.35. The number of carbonyl (C=O) groups excluding carboxylic acids is 2. The van der Waals surface area contributed by atoms with Crippen molar-refractivity contribution in [2.24, 2.45) is 11.8 Å². The van der Waals surface area contributed by atoms with Gasteiger partial charge in [0.25, 0.3) is 0 Å². The highest BCUT2D eigenvalue weighted by molar-refractivity contribution is 7.89. The third kappa shape index (κ3) is 4.86. The Balaban J connectivity index is 1.23. The number of methoxy groups -OCH3 is 1. The fourth-order valence-electron chi connectivity index (χ4n) is 5.26. The third-order valence-corrected chi connectivity index (χ3v) is 9.60. The summed E-state index contributed by atoms with van der Waals surface area (Å²) in [5, 5.41) is 2.92. The number of ether oxygens (including phenoxy) is 1. The van der Waals surface area contributed by atoms with Crippen LogP contribution in [-0.2, 0) is 26.0 Å². The monoisotopic (exact) mass is 511 g/mol. The van der Waals surface area contributed by atoms with E-state index in [0.717, 1.165) is 43.4 Å². The molecule has 2 aromatic rings. The normalized spacial score (nSPS) is 19.3. The fourth-order valence-corrected chi connectivity index (χ4v) is 6.79. The summed E-state index contributed by atoms with van der Waals surface area (Å²) in [6, 6.07) is 12.3. The summed E-state index contributed by atoms with van der Waals surface area (Å²) in [5.74, 6) is 0.664. The standard InChI is InChI=1S/C27H33N3O5S/c1-35-23-9-7-22(8-10-23)28-26(31)19-13-16-29(17-14-19)36(33,34)24-11-12-25-21(18-24)6-3-15-30(25)27(32)20-4-2-5-20/h7-12,18-20H,2-6,13-17H2,1H3,(H,28,31). The van der Waals surface area contributed by atoms with E-state index in [1.807, 2.05) is 4.90 Å². The van der Waals surface area contributed by atoms with Crippen molar-refractivity contribution in [3.8, 4) is 5.75 Å². The molecule has 2 aliphatic heterocycles. The van der Waals surface area contributed by atoms with Crippen LogP contribution in [0.4, 0.5) is 11.4 Å². The van der Waals surface area contributed by atoms with Crippen molar-refractivity contribution in [2.75, 3.05) is 37.0 Å². The van der Waals surface area contributed by atoms with E-state index in [-0.39, 0.29) is 28.5 Å². The van der Waals surface area contributed by atoms with Gasteiger partial charge in [0.05, 0.1) is 12.0 Å². The van der Waals surface area contributed by atoms with Crippen LogP contribution >= 0.6 is 0 Å². The molecule has 5 rings (SSSR count). The molecule has 1 saturated carbocycles. The molecule has 3 aliphatic rings. The lowest BCUT2D eigenvalue weighted by Gasteiger charge is -2.35. The SMILES string of the molecule is COc1ccc(NC(=O)C2CCN(S(=O)(=O)c3ccc4c(c3)CCCN4C(=O)C3CCC3)CC2)cc1. The summed E-state index contributed by atoms with van der Waals surface area (Å²) < 4.78 is 33.4. The second kappa shape index (κ2) is 10.2. The molecule has 8 nitrogen and oxygen atoms in total. The molecule has 0 aromatic heterocycles.